The molecule has 150 valence electrons. The van der Waals surface area contributed by atoms with Crippen molar-refractivity contribution in [1.82, 2.24) is 4.90 Å². The molecular weight excluding hydrogens is 396 g/mol. The molecule has 0 spiro atoms. The second-order valence-corrected chi connectivity index (χ2v) is 7.14. The summed E-state index contributed by atoms with van der Waals surface area (Å²) in [7, 11) is 0. The first-order valence-electron chi connectivity index (χ1n) is 9.13. The monoisotopic (exact) mass is 414 g/mol. The fourth-order valence-electron chi connectivity index (χ4n) is 3.33. The Bertz CT molecular complexity index is 983. The van der Waals surface area contributed by atoms with Crippen LogP contribution >= 0.6 is 11.6 Å². The molecule has 1 heterocycles. The van der Waals surface area contributed by atoms with Crippen molar-refractivity contribution in [3.8, 4) is 0 Å². The molecule has 1 aliphatic rings. The Morgan fingerprint density at radius 1 is 1.14 bits per heavy atom. The number of rotatable bonds is 6. The van der Waals surface area contributed by atoms with E-state index in [2.05, 4.69) is 0 Å². The van der Waals surface area contributed by atoms with Gasteiger partial charge in [-0.1, -0.05) is 24.9 Å². The van der Waals surface area contributed by atoms with Crippen LogP contribution in [0.1, 0.15) is 36.9 Å². The molecule has 8 heteroatoms. The zero-order valence-electron chi connectivity index (χ0n) is 15.7. The maximum atomic E-state index is 12.8. The van der Waals surface area contributed by atoms with Gasteiger partial charge in [0.2, 0.25) is 0 Å². The third-order valence-electron chi connectivity index (χ3n) is 4.83. The number of aliphatic hydroxyl groups is 1. The second kappa shape index (κ2) is 8.45. The van der Waals surface area contributed by atoms with Crippen molar-refractivity contribution in [3.63, 3.8) is 0 Å². The molecule has 0 radical (unpaired) electrons. The molecule has 0 saturated carbocycles. The number of Topliss-reactive ketones (excluding diaryl/α,β-unsaturated/α-hetero) is 1. The van der Waals surface area contributed by atoms with Crippen molar-refractivity contribution in [1.29, 1.82) is 0 Å². The number of nitro benzene ring substituents is 1. The third-order valence-corrected chi connectivity index (χ3v) is 5.08. The maximum Gasteiger partial charge on any atom is 0.295 e. The molecule has 0 bridgehead atoms. The summed E-state index contributed by atoms with van der Waals surface area (Å²) in [4.78, 5) is 37.3. The van der Waals surface area contributed by atoms with E-state index in [1.807, 2.05) is 6.92 Å². The smallest absolute Gasteiger partial charge is 0.295 e. The topological polar surface area (TPSA) is 101 Å². The number of amides is 1. The van der Waals surface area contributed by atoms with E-state index in [0.29, 0.717) is 29.1 Å². The summed E-state index contributed by atoms with van der Waals surface area (Å²) in [6, 6.07) is 11.1. The van der Waals surface area contributed by atoms with Gasteiger partial charge in [0.15, 0.2) is 0 Å². The number of hydrogen-bond acceptors (Lipinski definition) is 5. The summed E-state index contributed by atoms with van der Waals surface area (Å²) in [5.41, 5.74) is 0.732. The first kappa shape index (κ1) is 20.5. The molecule has 1 amide bonds. The molecule has 0 aliphatic carbocycles. The molecule has 0 aromatic heterocycles. The zero-order chi connectivity index (χ0) is 21.1. The normalized spacial score (nSPS) is 18.3. The summed E-state index contributed by atoms with van der Waals surface area (Å²) in [5.74, 6) is -1.78. The number of carbonyl (C=O) groups excluding carboxylic acids is 2. The van der Waals surface area contributed by atoms with Gasteiger partial charge in [-0.15, -0.1) is 0 Å². The largest absolute Gasteiger partial charge is 0.507 e. The molecule has 1 unspecified atom stereocenters. The average molecular weight is 415 g/mol. The number of benzene rings is 2. The lowest BCUT2D eigenvalue weighted by atomic mass is 9.95. The Kier molecular flexibility index (Phi) is 5.98. The van der Waals surface area contributed by atoms with Crippen LogP contribution < -0.4 is 0 Å². The highest BCUT2D eigenvalue weighted by Gasteiger charge is 2.45. The van der Waals surface area contributed by atoms with Crippen LogP contribution in [0.25, 0.3) is 5.76 Å². The van der Waals surface area contributed by atoms with Crippen molar-refractivity contribution < 1.29 is 19.6 Å². The van der Waals surface area contributed by atoms with Crippen molar-refractivity contribution in [2.24, 2.45) is 0 Å². The lowest BCUT2D eigenvalue weighted by Gasteiger charge is -2.25. The molecule has 1 aliphatic heterocycles. The van der Waals surface area contributed by atoms with Crippen LogP contribution in [0, 0.1) is 10.1 Å². The summed E-state index contributed by atoms with van der Waals surface area (Å²) in [6.07, 6.45) is 1.49. The average Bonchev–Trinajstić information content (AvgIpc) is 2.97. The van der Waals surface area contributed by atoms with Gasteiger partial charge in [-0.2, -0.15) is 0 Å². The molecule has 2 aromatic carbocycles. The highest BCUT2D eigenvalue weighted by atomic mass is 35.5. The maximum absolute atomic E-state index is 12.8. The first-order chi connectivity index (χ1) is 13.8. The van der Waals surface area contributed by atoms with Gasteiger partial charge in [0.1, 0.15) is 5.76 Å². The van der Waals surface area contributed by atoms with Gasteiger partial charge in [-0.3, -0.25) is 19.7 Å². The van der Waals surface area contributed by atoms with E-state index >= 15 is 0 Å². The number of aliphatic hydroxyl groups excluding tert-OH is 1. The van der Waals surface area contributed by atoms with E-state index in [-0.39, 0.29) is 17.0 Å². The standard InChI is InChI=1S/C21H19ClN2O5/c1-2-3-12-23-18(13-6-10-16(11-7-13)24(28)29)17(20(26)21(23)27)19(25)14-4-8-15(22)9-5-14/h4-11,18,25H,2-3,12H2,1H3. The fraction of sp³-hybridized carbons (Fsp3) is 0.238. The molecule has 29 heavy (non-hydrogen) atoms. The number of likely N-dealkylation sites (tertiary alicyclic amines) is 1. The predicted molar refractivity (Wildman–Crippen MR) is 108 cm³/mol. The lowest BCUT2D eigenvalue weighted by molar-refractivity contribution is -0.384. The quantitative estimate of drug-likeness (QED) is 0.247. The van der Waals surface area contributed by atoms with Gasteiger partial charge in [0, 0.05) is 29.3 Å². The number of hydrogen-bond donors (Lipinski definition) is 1. The molecule has 1 fully saturated rings. The van der Waals surface area contributed by atoms with Crippen molar-refractivity contribution >= 4 is 34.7 Å². The van der Waals surface area contributed by atoms with Crippen LogP contribution in [-0.4, -0.2) is 33.2 Å². The minimum absolute atomic E-state index is 0.0396. The lowest BCUT2D eigenvalue weighted by Crippen LogP contribution is -2.30. The van der Waals surface area contributed by atoms with Crippen LogP contribution in [0.2, 0.25) is 5.02 Å². The Morgan fingerprint density at radius 2 is 1.76 bits per heavy atom. The number of ketones is 1. The summed E-state index contributed by atoms with van der Waals surface area (Å²) >= 11 is 5.89. The Labute approximate surface area is 172 Å². The predicted octanol–water partition coefficient (Wildman–Crippen LogP) is 4.47. The zero-order valence-corrected chi connectivity index (χ0v) is 16.4. The van der Waals surface area contributed by atoms with Crippen LogP contribution in [0.5, 0.6) is 0 Å². The number of unbranched alkanes of at least 4 members (excludes halogenated alkanes) is 1. The van der Waals surface area contributed by atoms with Gasteiger partial charge in [-0.05, 0) is 48.4 Å². The highest BCUT2D eigenvalue weighted by molar-refractivity contribution is 6.46. The molecule has 3 rings (SSSR count). The van der Waals surface area contributed by atoms with Gasteiger partial charge in [0.25, 0.3) is 17.4 Å². The number of nitrogens with zero attached hydrogens (tertiary/aromatic N) is 2. The fourth-order valence-corrected chi connectivity index (χ4v) is 3.45. The van der Waals surface area contributed by atoms with E-state index in [0.717, 1.165) is 6.42 Å². The minimum Gasteiger partial charge on any atom is -0.507 e. The van der Waals surface area contributed by atoms with Crippen molar-refractivity contribution in [2.45, 2.75) is 25.8 Å². The molecule has 1 N–H and O–H groups in total. The summed E-state index contributed by atoms with van der Waals surface area (Å²) < 4.78 is 0. The summed E-state index contributed by atoms with van der Waals surface area (Å²) in [6.45, 7) is 2.30. The molecule has 1 atom stereocenters. The Morgan fingerprint density at radius 3 is 2.31 bits per heavy atom. The summed E-state index contributed by atoms with van der Waals surface area (Å²) in [5, 5.41) is 22.3. The Hall–Kier alpha value is -3.19. The molecular formula is C21H19ClN2O5. The van der Waals surface area contributed by atoms with E-state index < -0.39 is 22.7 Å². The first-order valence-corrected chi connectivity index (χ1v) is 9.51. The van der Waals surface area contributed by atoms with Crippen molar-refractivity contribution in [3.05, 3.63) is 80.4 Å². The van der Waals surface area contributed by atoms with Gasteiger partial charge in [0.05, 0.1) is 16.5 Å². The van der Waals surface area contributed by atoms with Crippen molar-refractivity contribution in [2.75, 3.05) is 6.54 Å². The van der Waals surface area contributed by atoms with E-state index in [9.17, 15) is 24.8 Å². The second-order valence-electron chi connectivity index (χ2n) is 6.70. The number of carbonyl (C=O) groups is 2. The number of halogens is 1. The Balaban J connectivity index is 2.14. The van der Waals surface area contributed by atoms with E-state index in [1.165, 1.54) is 29.2 Å². The van der Waals surface area contributed by atoms with Gasteiger partial charge < -0.3 is 10.0 Å². The number of nitro groups is 1. The van der Waals surface area contributed by atoms with Crippen LogP contribution in [-0.2, 0) is 9.59 Å². The van der Waals surface area contributed by atoms with Gasteiger partial charge >= 0.3 is 0 Å². The van der Waals surface area contributed by atoms with Crippen LogP contribution in [0.15, 0.2) is 54.1 Å². The molecule has 7 nitrogen and oxygen atoms in total. The molecule has 2 aromatic rings. The SMILES string of the molecule is CCCCN1C(=O)C(=O)C(=C(O)c2ccc(Cl)cc2)C1c1ccc([N+](=O)[O-])cc1. The third kappa shape index (κ3) is 4.00. The van der Waals surface area contributed by atoms with E-state index in [4.69, 9.17) is 11.6 Å². The number of non-ortho nitro benzene ring substituents is 1. The van der Waals surface area contributed by atoms with Crippen LogP contribution in [0.4, 0.5) is 5.69 Å². The van der Waals surface area contributed by atoms with Gasteiger partial charge in [-0.25, -0.2) is 0 Å². The minimum atomic E-state index is -0.821. The molecule has 1 saturated heterocycles. The van der Waals surface area contributed by atoms with E-state index in [1.54, 1.807) is 24.3 Å². The highest BCUT2D eigenvalue weighted by Crippen LogP contribution is 2.40. The van der Waals surface area contributed by atoms with Crippen LogP contribution in [0.3, 0.4) is 0 Å².